The lowest BCUT2D eigenvalue weighted by molar-refractivity contribution is -0.385. The molecule has 1 aromatic rings. The van der Waals surface area contributed by atoms with Gasteiger partial charge in [-0.1, -0.05) is 22.9 Å². The van der Waals surface area contributed by atoms with Gasteiger partial charge in [0.1, 0.15) is 5.78 Å². The number of carbonyl (C=O) groups is 1. The Morgan fingerprint density at radius 1 is 1.53 bits per heavy atom. The number of ketones is 1. The summed E-state index contributed by atoms with van der Waals surface area (Å²) in [6.07, 6.45) is 0. The molecule has 0 aliphatic heterocycles. The van der Waals surface area contributed by atoms with Crippen LogP contribution in [0.25, 0.3) is 0 Å². The minimum absolute atomic E-state index is 0.0131. The molecule has 0 heterocycles. The molecule has 0 aliphatic rings. The van der Waals surface area contributed by atoms with Crippen LogP contribution in [0.4, 0.5) is 5.69 Å². The molecule has 15 heavy (non-hydrogen) atoms. The lowest BCUT2D eigenvalue weighted by Crippen LogP contribution is -2.07. The van der Waals surface area contributed by atoms with Crippen LogP contribution in [-0.4, -0.2) is 10.7 Å². The molecule has 0 aliphatic carbocycles. The third kappa shape index (κ3) is 2.62. The smallest absolute Gasteiger partial charge is 0.273 e. The summed E-state index contributed by atoms with van der Waals surface area (Å²) >= 11 is 3.23. The van der Waals surface area contributed by atoms with Gasteiger partial charge in [-0.25, -0.2) is 0 Å². The van der Waals surface area contributed by atoms with Gasteiger partial charge in [0, 0.05) is 22.0 Å². The first kappa shape index (κ1) is 11.8. The normalized spacial score (nSPS) is 12.2. The molecule has 1 unspecified atom stereocenters. The van der Waals surface area contributed by atoms with Gasteiger partial charge in [-0.15, -0.1) is 0 Å². The summed E-state index contributed by atoms with van der Waals surface area (Å²) in [5.41, 5.74) is 0.433. The zero-order chi connectivity index (χ0) is 11.6. The van der Waals surface area contributed by atoms with E-state index in [-0.39, 0.29) is 11.5 Å². The van der Waals surface area contributed by atoms with Gasteiger partial charge in [0.15, 0.2) is 0 Å². The number of hydrogen-bond donors (Lipinski definition) is 0. The summed E-state index contributed by atoms with van der Waals surface area (Å²) in [4.78, 5) is 21.5. The number of halogens is 1. The first-order chi connectivity index (χ1) is 6.93. The van der Waals surface area contributed by atoms with Gasteiger partial charge in [0.2, 0.25) is 0 Å². The number of Topliss-reactive ketones (excluding diaryl/α,β-unsaturated/α-hetero) is 1. The minimum Gasteiger partial charge on any atom is -0.299 e. The summed E-state index contributed by atoms with van der Waals surface area (Å²) in [5, 5.41) is 10.7. The van der Waals surface area contributed by atoms with Crippen molar-refractivity contribution < 1.29 is 9.72 Å². The Morgan fingerprint density at radius 2 is 2.13 bits per heavy atom. The third-order valence-corrected chi connectivity index (χ3v) is 2.76. The second-order valence-electron chi connectivity index (χ2n) is 3.29. The average molecular weight is 272 g/mol. The highest BCUT2D eigenvalue weighted by atomic mass is 79.9. The summed E-state index contributed by atoms with van der Waals surface area (Å²) in [5.74, 6) is -0.542. The van der Waals surface area contributed by atoms with Gasteiger partial charge in [0.05, 0.1) is 4.92 Å². The summed E-state index contributed by atoms with van der Waals surface area (Å²) in [7, 11) is 0. The van der Waals surface area contributed by atoms with Crippen LogP contribution in [0.2, 0.25) is 0 Å². The molecule has 5 heteroatoms. The Balaban J connectivity index is 3.30. The van der Waals surface area contributed by atoms with E-state index < -0.39 is 10.8 Å². The maximum atomic E-state index is 11.2. The predicted molar refractivity (Wildman–Crippen MR) is 59.9 cm³/mol. The number of rotatable bonds is 3. The first-order valence-corrected chi connectivity index (χ1v) is 5.17. The fraction of sp³-hybridized carbons (Fsp3) is 0.300. The largest absolute Gasteiger partial charge is 0.299 e. The maximum Gasteiger partial charge on any atom is 0.273 e. The number of nitro groups is 1. The molecule has 0 spiro atoms. The van der Waals surface area contributed by atoms with Crippen molar-refractivity contribution in [1.82, 2.24) is 0 Å². The monoisotopic (exact) mass is 271 g/mol. The van der Waals surface area contributed by atoms with E-state index in [0.717, 1.165) is 4.47 Å². The van der Waals surface area contributed by atoms with Crippen molar-refractivity contribution in [2.75, 3.05) is 0 Å². The second-order valence-corrected chi connectivity index (χ2v) is 4.21. The SMILES string of the molecule is CC(=O)C(C)c1cc(Br)ccc1[N+](=O)[O-]. The molecule has 1 aromatic carbocycles. The highest BCUT2D eigenvalue weighted by Gasteiger charge is 2.21. The molecule has 80 valence electrons. The standard InChI is InChI=1S/C10H10BrNO3/c1-6(7(2)13)9-5-8(11)3-4-10(9)12(14)15/h3-6H,1-2H3. The van der Waals surface area contributed by atoms with E-state index in [1.807, 2.05) is 0 Å². The average Bonchev–Trinajstić information content (AvgIpc) is 2.15. The van der Waals surface area contributed by atoms with Gasteiger partial charge in [-0.3, -0.25) is 14.9 Å². The van der Waals surface area contributed by atoms with Crippen molar-refractivity contribution in [3.63, 3.8) is 0 Å². The van der Waals surface area contributed by atoms with E-state index in [2.05, 4.69) is 15.9 Å². The second kappa shape index (κ2) is 4.53. The van der Waals surface area contributed by atoms with E-state index in [9.17, 15) is 14.9 Å². The molecule has 0 fully saturated rings. The Labute approximate surface area is 95.6 Å². The zero-order valence-electron chi connectivity index (χ0n) is 8.36. The van der Waals surface area contributed by atoms with Crippen molar-refractivity contribution >= 4 is 27.4 Å². The molecule has 1 rings (SSSR count). The van der Waals surface area contributed by atoms with E-state index in [1.54, 1.807) is 19.1 Å². The van der Waals surface area contributed by atoms with Crippen molar-refractivity contribution in [1.29, 1.82) is 0 Å². The molecule has 0 radical (unpaired) electrons. The quantitative estimate of drug-likeness (QED) is 0.627. The molecule has 0 bridgehead atoms. The van der Waals surface area contributed by atoms with Gasteiger partial charge in [-0.2, -0.15) is 0 Å². The van der Waals surface area contributed by atoms with E-state index in [1.165, 1.54) is 13.0 Å². The lowest BCUT2D eigenvalue weighted by Gasteiger charge is -2.08. The number of carbonyl (C=O) groups excluding carboxylic acids is 1. The van der Waals surface area contributed by atoms with Crippen LogP contribution in [0, 0.1) is 10.1 Å². The first-order valence-electron chi connectivity index (χ1n) is 4.37. The van der Waals surface area contributed by atoms with Gasteiger partial charge < -0.3 is 0 Å². The van der Waals surface area contributed by atoms with Gasteiger partial charge >= 0.3 is 0 Å². The van der Waals surface area contributed by atoms with Gasteiger partial charge in [0.25, 0.3) is 5.69 Å². The van der Waals surface area contributed by atoms with Gasteiger partial charge in [-0.05, 0) is 19.1 Å². The number of nitrogens with zero attached hydrogens (tertiary/aromatic N) is 1. The molecule has 0 saturated heterocycles. The van der Waals surface area contributed by atoms with Crippen LogP contribution < -0.4 is 0 Å². The van der Waals surface area contributed by atoms with Crippen molar-refractivity contribution in [2.45, 2.75) is 19.8 Å². The highest BCUT2D eigenvalue weighted by molar-refractivity contribution is 9.10. The van der Waals surface area contributed by atoms with E-state index >= 15 is 0 Å². The number of nitro benzene ring substituents is 1. The fourth-order valence-electron chi connectivity index (χ4n) is 1.26. The predicted octanol–water partition coefficient (Wildman–Crippen LogP) is 3.05. The lowest BCUT2D eigenvalue weighted by atomic mass is 9.96. The molecular weight excluding hydrogens is 262 g/mol. The molecule has 1 atom stereocenters. The third-order valence-electron chi connectivity index (χ3n) is 2.26. The van der Waals surface area contributed by atoms with E-state index in [4.69, 9.17) is 0 Å². The zero-order valence-corrected chi connectivity index (χ0v) is 9.95. The molecular formula is C10H10BrNO3. The van der Waals surface area contributed by atoms with Crippen molar-refractivity contribution in [3.8, 4) is 0 Å². The van der Waals surface area contributed by atoms with Crippen LogP contribution in [0.3, 0.4) is 0 Å². The van der Waals surface area contributed by atoms with E-state index in [0.29, 0.717) is 5.56 Å². The Kier molecular flexibility index (Phi) is 3.57. The molecule has 0 amide bonds. The summed E-state index contributed by atoms with van der Waals surface area (Å²) in [6.45, 7) is 3.09. The maximum absolute atomic E-state index is 11.2. The van der Waals surface area contributed by atoms with Crippen LogP contribution in [-0.2, 0) is 4.79 Å². The van der Waals surface area contributed by atoms with Crippen LogP contribution in [0.1, 0.15) is 25.3 Å². The van der Waals surface area contributed by atoms with Crippen LogP contribution in [0.15, 0.2) is 22.7 Å². The van der Waals surface area contributed by atoms with Crippen LogP contribution in [0.5, 0.6) is 0 Å². The fourth-order valence-corrected chi connectivity index (χ4v) is 1.64. The van der Waals surface area contributed by atoms with Crippen molar-refractivity contribution in [3.05, 3.63) is 38.3 Å². The number of hydrogen-bond acceptors (Lipinski definition) is 3. The van der Waals surface area contributed by atoms with Crippen molar-refractivity contribution in [2.24, 2.45) is 0 Å². The summed E-state index contributed by atoms with van der Waals surface area (Å²) < 4.78 is 0.733. The molecule has 0 aromatic heterocycles. The highest BCUT2D eigenvalue weighted by Crippen LogP contribution is 2.29. The topological polar surface area (TPSA) is 60.2 Å². The Morgan fingerprint density at radius 3 is 2.60 bits per heavy atom. The molecule has 0 N–H and O–H groups in total. The summed E-state index contributed by atoms with van der Waals surface area (Å²) in [6, 6.07) is 4.61. The number of benzene rings is 1. The minimum atomic E-state index is -0.471. The molecule has 0 saturated carbocycles. The molecule has 4 nitrogen and oxygen atoms in total. The Hall–Kier alpha value is -1.23. The van der Waals surface area contributed by atoms with Crippen LogP contribution >= 0.6 is 15.9 Å². The Bertz CT molecular complexity index is 417.